The van der Waals surface area contributed by atoms with Crippen LogP contribution in [-0.4, -0.2) is 33.9 Å². The van der Waals surface area contributed by atoms with Crippen molar-refractivity contribution in [2.75, 3.05) is 19.8 Å². The molecule has 0 saturated carbocycles. The van der Waals surface area contributed by atoms with Gasteiger partial charge in [-0.2, -0.15) is 13.2 Å². The highest BCUT2D eigenvalue weighted by Crippen LogP contribution is 2.38. The van der Waals surface area contributed by atoms with Crippen molar-refractivity contribution in [3.05, 3.63) is 23.8 Å². The van der Waals surface area contributed by atoms with Crippen LogP contribution in [0.3, 0.4) is 0 Å². The number of rotatable bonds is 4. The van der Waals surface area contributed by atoms with Crippen LogP contribution in [0.1, 0.15) is 18.4 Å². The molecule has 1 heterocycles. The van der Waals surface area contributed by atoms with Gasteiger partial charge in [-0.15, -0.1) is 0 Å². The van der Waals surface area contributed by atoms with Crippen LogP contribution in [0, 0.1) is 0 Å². The fourth-order valence-electron chi connectivity index (χ4n) is 2.12. The predicted octanol–water partition coefficient (Wildman–Crippen LogP) is 2.25. The Bertz CT molecular complexity index is 669. The summed E-state index contributed by atoms with van der Waals surface area (Å²) in [5.74, 6) is -0.645. The van der Waals surface area contributed by atoms with Gasteiger partial charge in [-0.1, -0.05) is 0 Å². The standard InChI is InChI=1S/C13H15F4NO4S/c14-12(3-5-21-6-4-12)8-22-11-2-1-9(23(18,19)20)7-10(11)13(15,16)17/h1-2,7H,3-6,8H2,(H2,18,19,20). The second kappa shape index (κ2) is 6.25. The zero-order chi connectivity index (χ0) is 17.3. The maximum absolute atomic E-state index is 14.4. The third kappa shape index (κ3) is 4.55. The van der Waals surface area contributed by atoms with Crippen LogP contribution >= 0.6 is 0 Å². The van der Waals surface area contributed by atoms with Crippen molar-refractivity contribution in [2.24, 2.45) is 5.14 Å². The van der Waals surface area contributed by atoms with Gasteiger partial charge in [-0.05, 0) is 18.2 Å². The highest BCUT2D eigenvalue weighted by molar-refractivity contribution is 7.89. The van der Waals surface area contributed by atoms with Gasteiger partial charge in [0, 0.05) is 26.1 Å². The molecule has 0 bridgehead atoms. The second-order valence-electron chi connectivity index (χ2n) is 5.25. The van der Waals surface area contributed by atoms with E-state index in [9.17, 15) is 26.0 Å². The molecular weight excluding hydrogens is 342 g/mol. The van der Waals surface area contributed by atoms with Gasteiger partial charge in [-0.25, -0.2) is 17.9 Å². The fraction of sp³-hybridized carbons (Fsp3) is 0.538. The Balaban J connectivity index is 2.27. The summed E-state index contributed by atoms with van der Waals surface area (Å²) in [7, 11) is -4.30. The zero-order valence-corrected chi connectivity index (χ0v) is 12.7. The Hall–Kier alpha value is -1.39. The minimum atomic E-state index is -4.87. The minimum Gasteiger partial charge on any atom is -0.490 e. The fourth-order valence-corrected chi connectivity index (χ4v) is 2.66. The molecule has 0 spiro atoms. The Morgan fingerprint density at radius 1 is 1.26 bits per heavy atom. The number of hydrogen-bond donors (Lipinski definition) is 1. The third-order valence-corrected chi connectivity index (χ3v) is 4.37. The van der Waals surface area contributed by atoms with Crippen molar-refractivity contribution in [3.8, 4) is 5.75 Å². The van der Waals surface area contributed by atoms with Gasteiger partial charge in [0.2, 0.25) is 10.0 Å². The number of alkyl halides is 4. The summed E-state index contributed by atoms with van der Waals surface area (Å²) in [6.45, 7) is -0.249. The van der Waals surface area contributed by atoms with E-state index in [1.165, 1.54) is 0 Å². The lowest BCUT2D eigenvalue weighted by molar-refractivity contribution is -0.139. The zero-order valence-electron chi connectivity index (χ0n) is 11.9. The average molecular weight is 357 g/mol. The predicted molar refractivity (Wildman–Crippen MR) is 72.2 cm³/mol. The van der Waals surface area contributed by atoms with Crippen molar-refractivity contribution < 1.29 is 35.5 Å². The Kier molecular flexibility index (Phi) is 4.88. The summed E-state index contributed by atoms with van der Waals surface area (Å²) >= 11 is 0. The molecule has 10 heteroatoms. The minimum absolute atomic E-state index is 0.0175. The molecule has 2 rings (SSSR count). The quantitative estimate of drug-likeness (QED) is 0.839. The van der Waals surface area contributed by atoms with E-state index in [2.05, 4.69) is 0 Å². The van der Waals surface area contributed by atoms with Gasteiger partial charge >= 0.3 is 6.18 Å². The van der Waals surface area contributed by atoms with Crippen molar-refractivity contribution in [1.29, 1.82) is 0 Å². The van der Waals surface area contributed by atoms with Gasteiger partial charge in [0.15, 0.2) is 0 Å². The van der Waals surface area contributed by atoms with Crippen LogP contribution in [0.2, 0.25) is 0 Å². The first-order chi connectivity index (χ1) is 10.5. The summed E-state index contributed by atoms with van der Waals surface area (Å²) in [6.07, 6.45) is -4.83. The van der Waals surface area contributed by atoms with E-state index in [0.717, 1.165) is 12.1 Å². The van der Waals surface area contributed by atoms with E-state index >= 15 is 0 Å². The number of ether oxygens (including phenoxy) is 2. The van der Waals surface area contributed by atoms with Gasteiger partial charge in [-0.3, -0.25) is 0 Å². The average Bonchev–Trinajstić information content (AvgIpc) is 2.44. The van der Waals surface area contributed by atoms with E-state index < -0.39 is 44.7 Å². The SMILES string of the molecule is NS(=O)(=O)c1ccc(OCC2(F)CCOCC2)c(C(F)(F)F)c1. The molecule has 1 aromatic carbocycles. The van der Waals surface area contributed by atoms with E-state index in [0.29, 0.717) is 6.07 Å². The number of primary sulfonamides is 1. The molecule has 5 nitrogen and oxygen atoms in total. The van der Waals surface area contributed by atoms with Crippen LogP contribution < -0.4 is 9.88 Å². The first-order valence-corrected chi connectivity index (χ1v) is 8.19. The van der Waals surface area contributed by atoms with Gasteiger partial charge in [0.1, 0.15) is 18.0 Å². The molecule has 2 N–H and O–H groups in total. The topological polar surface area (TPSA) is 78.6 Å². The normalized spacial score (nSPS) is 18.7. The number of nitrogens with two attached hydrogens (primary N) is 1. The number of hydrogen-bond acceptors (Lipinski definition) is 4. The maximum Gasteiger partial charge on any atom is 0.420 e. The molecular formula is C13H15F4NO4S. The molecule has 1 aliphatic rings. The van der Waals surface area contributed by atoms with E-state index in [4.69, 9.17) is 14.6 Å². The molecule has 0 radical (unpaired) electrons. The molecule has 0 aromatic heterocycles. The number of benzene rings is 1. The van der Waals surface area contributed by atoms with Gasteiger partial charge in [0.25, 0.3) is 0 Å². The van der Waals surface area contributed by atoms with Crippen molar-refractivity contribution in [3.63, 3.8) is 0 Å². The number of sulfonamides is 1. The summed E-state index contributed by atoms with van der Waals surface area (Å²) in [6, 6.07) is 2.08. The Morgan fingerprint density at radius 3 is 2.39 bits per heavy atom. The Labute approximate surface area is 130 Å². The smallest absolute Gasteiger partial charge is 0.420 e. The Morgan fingerprint density at radius 2 is 1.87 bits per heavy atom. The van der Waals surface area contributed by atoms with Crippen LogP contribution in [0.4, 0.5) is 17.6 Å². The van der Waals surface area contributed by atoms with Gasteiger partial charge < -0.3 is 9.47 Å². The summed E-state index contributed by atoms with van der Waals surface area (Å²) in [4.78, 5) is -0.696. The highest BCUT2D eigenvalue weighted by Gasteiger charge is 2.38. The van der Waals surface area contributed by atoms with Crippen molar-refractivity contribution >= 4 is 10.0 Å². The molecule has 1 saturated heterocycles. The van der Waals surface area contributed by atoms with Crippen LogP contribution in [-0.2, 0) is 20.9 Å². The summed E-state index contributed by atoms with van der Waals surface area (Å²) < 4.78 is 85.8. The summed E-state index contributed by atoms with van der Waals surface area (Å²) in [5.41, 5.74) is -3.10. The molecule has 1 aromatic rings. The van der Waals surface area contributed by atoms with Crippen LogP contribution in [0.15, 0.2) is 23.1 Å². The first-order valence-electron chi connectivity index (χ1n) is 6.65. The molecule has 0 amide bonds. The molecule has 1 aliphatic heterocycles. The molecule has 1 fully saturated rings. The summed E-state index contributed by atoms with van der Waals surface area (Å²) in [5, 5.41) is 4.82. The molecule has 0 aliphatic carbocycles. The second-order valence-corrected chi connectivity index (χ2v) is 6.81. The van der Waals surface area contributed by atoms with Crippen LogP contribution in [0.5, 0.6) is 5.75 Å². The molecule has 0 unspecified atom stereocenters. The molecule has 23 heavy (non-hydrogen) atoms. The van der Waals surface area contributed by atoms with Gasteiger partial charge in [0.05, 0.1) is 10.5 Å². The van der Waals surface area contributed by atoms with Crippen molar-refractivity contribution in [2.45, 2.75) is 29.6 Å². The lowest BCUT2D eigenvalue weighted by Crippen LogP contribution is -2.37. The van der Waals surface area contributed by atoms with Crippen LogP contribution in [0.25, 0.3) is 0 Å². The third-order valence-electron chi connectivity index (χ3n) is 3.46. The maximum atomic E-state index is 14.4. The highest BCUT2D eigenvalue weighted by atomic mass is 32.2. The monoisotopic (exact) mass is 357 g/mol. The lowest BCUT2D eigenvalue weighted by Gasteiger charge is -2.29. The van der Waals surface area contributed by atoms with E-state index in [1.807, 2.05) is 0 Å². The number of halogens is 4. The lowest BCUT2D eigenvalue weighted by atomic mass is 9.98. The molecule has 0 atom stereocenters. The molecule has 130 valence electrons. The van der Waals surface area contributed by atoms with E-state index in [1.54, 1.807) is 0 Å². The van der Waals surface area contributed by atoms with Crippen molar-refractivity contribution in [1.82, 2.24) is 0 Å². The first kappa shape index (κ1) is 18.0. The largest absolute Gasteiger partial charge is 0.490 e. The van der Waals surface area contributed by atoms with E-state index in [-0.39, 0.29) is 26.1 Å².